The lowest BCUT2D eigenvalue weighted by atomic mass is 9.91. The van der Waals surface area contributed by atoms with E-state index in [1.54, 1.807) is 0 Å². The van der Waals surface area contributed by atoms with Crippen LogP contribution < -0.4 is 0 Å². The summed E-state index contributed by atoms with van der Waals surface area (Å²) < 4.78 is 0. The molecule has 0 heteroatoms. The van der Waals surface area contributed by atoms with Crippen LogP contribution in [0.25, 0.3) is 141 Å². The van der Waals surface area contributed by atoms with Crippen molar-refractivity contribution in [3.8, 4) is 44.5 Å². The van der Waals surface area contributed by atoms with Crippen molar-refractivity contribution in [2.75, 3.05) is 0 Å². The van der Waals surface area contributed by atoms with Gasteiger partial charge in [-0.25, -0.2) is 0 Å². The molecule has 17 aromatic carbocycles. The first-order valence-corrected chi connectivity index (χ1v) is 31.1. The van der Waals surface area contributed by atoms with Gasteiger partial charge in [-0.15, -0.1) is 0 Å². The summed E-state index contributed by atoms with van der Waals surface area (Å²) in [4.78, 5) is 0. The first-order chi connectivity index (χ1) is 43.6. The number of fused-ring (bicyclic) bond motifs is 26. The van der Waals surface area contributed by atoms with Crippen LogP contribution in [0.5, 0.6) is 0 Å². The standard InChI is InChI=1S/C25H16.3C21H14/c1-2-8-18-16(7-1)13-17-14-24-21-11-5-3-9-19(21)20-10-4-6-12-22(20)25(24)15-23(17)18;1-3-7-18-14(5-1)9-10-16-12-21-17(13-20(16)18)11-15-6-2-4-8-19(15)21;1-3-7-18-14(5-1)9-10-16-12-17-11-15-6-2-4-8-19(15)21(17)13-20(16)18;1-2-6-15-10-18-13-21-19(12-17(18)9-14(15)5-1)11-16-7-3-4-8-20(16)21/h1-12,14-15H,13H2;3*1-10,12-13H,11H2. The van der Waals surface area contributed by atoms with Gasteiger partial charge >= 0.3 is 0 Å². The molecule has 88 heavy (non-hydrogen) atoms. The quantitative estimate of drug-likeness (QED) is 0.105. The van der Waals surface area contributed by atoms with Gasteiger partial charge < -0.3 is 0 Å². The predicted octanol–water partition coefficient (Wildman–Crippen LogP) is 23.4. The lowest BCUT2D eigenvalue weighted by Crippen LogP contribution is -1.86. The fourth-order valence-electron chi connectivity index (χ4n) is 15.4. The largest absolute Gasteiger partial charge is 0.0619 e. The van der Waals surface area contributed by atoms with Crippen LogP contribution in [0.2, 0.25) is 0 Å². The third kappa shape index (κ3) is 8.35. The first-order valence-electron chi connectivity index (χ1n) is 31.1. The molecule has 0 aliphatic heterocycles. The van der Waals surface area contributed by atoms with Gasteiger partial charge in [-0.05, 0) is 260 Å². The molecule has 0 saturated carbocycles. The van der Waals surface area contributed by atoms with E-state index in [0.717, 1.165) is 25.7 Å². The van der Waals surface area contributed by atoms with E-state index in [0.29, 0.717) is 0 Å². The van der Waals surface area contributed by atoms with Gasteiger partial charge in [-0.3, -0.25) is 0 Å². The summed E-state index contributed by atoms with van der Waals surface area (Å²) in [7, 11) is 0. The minimum absolute atomic E-state index is 1.04. The van der Waals surface area contributed by atoms with Crippen LogP contribution >= 0.6 is 0 Å². The van der Waals surface area contributed by atoms with E-state index < -0.39 is 0 Å². The molecule has 0 N–H and O–H groups in total. The van der Waals surface area contributed by atoms with Gasteiger partial charge in [0.05, 0.1) is 0 Å². The third-order valence-corrected chi connectivity index (χ3v) is 19.6. The van der Waals surface area contributed by atoms with Crippen molar-refractivity contribution >= 4 is 97.0 Å². The second-order valence-electron chi connectivity index (χ2n) is 24.6. The van der Waals surface area contributed by atoms with Crippen molar-refractivity contribution in [2.24, 2.45) is 0 Å². The summed E-state index contributed by atoms with van der Waals surface area (Å²) >= 11 is 0. The monoisotopic (exact) mass is 1110 g/mol. The Morgan fingerprint density at radius 3 is 0.864 bits per heavy atom. The van der Waals surface area contributed by atoms with Crippen LogP contribution in [0.1, 0.15) is 44.5 Å². The molecule has 0 heterocycles. The van der Waals surface area contributed by atoms with Crippen LogP contribution in [0.3, 0.4) is 0 Å². The Morgan fingerprint density at radius 2 is 0.398 bits per heavy atom. The number of hydrogen-bond acceptors (Lipinski definition) is 0. The van der Waals surface area contributed by atoms with E-state index >= 15 is 0 Å². The molecule has 21 rings (SSSR count). The molecule has 0 unspecified atom stereocenters. The van der Waals surface area contributed by atoms with E-state index in [-0.39, 0.29) is 0 Å². The molecule has 0 radical (unpaired) electrons. The lowest BCUT2D eigenvalue weighted by molar-refractivity contribution is 1.27. The Labute approximate surface area is 511 Å². The summed E-state index contributed by atoms with van der Waals surface area (Å²) in [5.74, 6) is 0. The molecular formula is C88H58. The highest BCUT2D eigenvalue weighted by Gasteiger charge is 2.23. The number of rotatable bonds is 0. The topological polar surface area (TPSA) is 0 Å². The van der Waals surface area contributed by atoms with Crippen molar-refractivity contribution < 1.29 is 0 Å². The Kier molecular flexibility index (Phi) is 11.7. The molecule has 0 saturated heterocycles. The molecule has 0 aromatic heterocycles. The highest BCUT2D eigenvalue weighted by atomic mass is 14.3. The van der Waals surface area contributed by atoms with Gasteiger partial charge in [0.25, 0.3) is 0 Å². The zero-order chi connectivity index (χ0) is 57.8. The number of hydrogen-bond donors (Lipinski definition) is 0. The van der Waals surface area contributed by atoms with Gasteiger partial charge in [0.1, 0.15) is 0 Å². The number of benzene rings is 17. The lowest BCUT2D eigenvalue weighted by Gasteiger charge is -2.12. The first kappa shape index (κ1) is 50.4. The van der Waals surface area contributed by atoms with Crippen molar-refractivity contribution in [3.05, 3.63) is 348 Å². The minimum atomic E-state index is 1.04. The SMILES string of the molecule is c1ccc2c(c1)Cc1cc3c(ccc4ccccc43)cc1-2.c1ccc2c(c1)Cc1cc3c4ccccc4c4ccccc4c3cc1-2.c1ccc2c(c1)Cc1cc3cc4ccccc4cc3cc1-2.c1ccc2c(c1)Cc1cc3ccc4ccccc4c3cc1-2. The molecule has 410 valence electrons. The fraction of sp³-hybridized carbons (Fsp3) is 0.0455. The summed E-state index contributed by atoms with van der Waals surface area (Å²) in [6.07, 6.45) is 4.23. The second-order valence-corrected chi connectivity index (χ2v) is 24.6. The zero-order valence-corrected chi connectivity index (χ0v) is 48.7. The van der Waals surface area contributed by atoms with E-state index in [9.17, 15) is 0 Å². The molecular weight excluding hydrogens is 1060 g/mol. The average Bonchev–Trinajstić information content (AvgIpc) is 3.23. The maximum absolute atomic E-state index is 2.43. The van der Waals surface area contributed by atoms with Crippen LogP contribution in [0.15, 0.2) is 303 Å². The van der Waals surface area contributed by atoms with Gasteiger partial charge in [0.2, 0.25) is 0 Å². The Balaban J connectivity index is 0.0000000882. The molecule has 17 aromatic rings. The second kappa shape index (κ2) is 20.4. The molecule has 0 bridgehead atoms. The normalized spacial score (nSPS) is 12.6. The predicted molar refractivity (Wildman–Crippen MR) is 376 cm³/mol. The smallest absolute Gasteiger partial charge is 0.00132 e. The van der Waals surface area contributed by atoms with Crippen LogP contribution in [-0.4, -0.2) is 0 Å². The van der Waals surface area contributed by atoms with Crippen LogP contribution in [0.4, 0.5) is 0 Å². The maximum Gasteiger partial charge on any atom is -0.00132 e. The Hall–Kier alpha value is -10.9. The van der Waals surface area contributed by atoms with Gasteiger partial charge in [-0.1, -0.05) is 255 Å². The van der Waals surface area contributed by atoms with Gasteiger partial charge in [-0.2, -0.15) is 0 Å². The average molecular weight is 1120 g/mol. The molecule has 4 aliphatic carbocycles. The van der Waals surface area contributed by atoms with E-state index in [4.69, 9.17) is 0 Å². The van der Waals surface area contributed by atoms with Crippen LogP contribution in [0, 0.1) is 0 Å². The molecule has 4 aliphatic rings. The van der Waals surface area contributed by atoms with Crippen molar-refractivity contribution in [3.63, 3.8) is 0 Å². The minimum Gasteiger partial charge on any atom is -0.0619 e. The summed E-state index contributed by atoms with van der Waals surface area (Å²) in [6.45, 7) is 0. The summed E-state index contributed by atoms with van der Waals surface area (Å²) in [5, 5.41) is 24.2. The van der Waals surface area contributed by atoms with Crippen molar-refractivity contribution in [1.82, 2.24) is 0 Å². The zero-order valence-electron chi connectivity index (χ0n) is 48.7. The third-order valence-electron chi connectivity index (χ3n) is 19.6. The van der Waals surface area contributed by atoms with Crippen LogP contribution in [-0.2, 0) is 25.7 Å². The van der Waals surface area contributed by atoms with E-state index in [1.807, 2.05) is 0 Å². The molecule has 0 fully saturated rings. The molecule has 0 nitrogen and oxygen atoms in total. The van der Waals surface area contributed by atoms with Gasteiger partial charge in [0, 0.05) is 0 Å². The van der Waals surface area contributed by atoms with Crippen molar-refractivity contribution in [2.45, 2.75) is 25.7 Å². The maximum atomic E-state index is 2.43. The Morgan fingerprint density at radius 1 is 0.125 bits per heavy atom. The highest BCUT2D eigenvalue weighted by Crippen LogP contribution is 2.46. The highest BCUT2D eigenvalue weighted by molar-refractivity contribution is 6.26. The molecule has 0 amide bonds. The van der Waals surface area contributed by atoms with Crippen molar-refractivity contribution in [1.29, 1.82) is 0 Å². The summed E-state index contributed by atoms with van der Waals surface area (Å²) in [5.41, 5.74) is 22.9. The molecule has 0 atom stereocenters. The van der Waals surface area contributed by atoms with E-state index in [2.05, 4.69) is 303 Å². The van der Waals surface area contributed by atoms with E-state index in [1.165, 1.54) is 186 Å². The Bertz CT molecular complexity index is 5720. The fourth-order valence-corrected chi connectivity index (χ4v) is 15.4. The molecule has 0 spiro atoms. The summed E-state index contributed by atoms with van der Waals surface area (Å²) in [6, 6.07) is 111. The van der Waals surface area contributed by atoms with Gasteiger partial charge in [0.15, 0.2) is 0 Å².